The van der Waals surface area contributed by atoms with E-state index in [9.17, 15) is 4.79 Å². The third-order valence-corrected chi connectivity index (χ3v) is 4.25. The van der Waals surface area contributed by atoms with E-state index in [2.05, 4.69) is 11.9 Å². The topological polar surface area (TPSA) is 38.7 Å². The Morgan fingerprint density at radius 3 is 2.57 bits per heavy atom. The van der Waals surface area contributed by atoms with Crippen LogP contribution >= 0.6 is 11.8 Å². The van der Waals surface area contributed by atoms with Gasteiger partial charge in [0.05, 0.1) is 17.9 Å². The second-order valence-electron chi connectivity index (χ2n) is 5.09. The molecule has 0 bridgehead atoms. The first-order valence-electron chi connectivity index (χ1n) is 7.38. The lowest BCUT2D eigenvalue weighted by molar-refractivity contribution is -0.114. The summed E-state index contributed by atoms with van der Waals surface area (Å²) in [5.74, 6) is 1.76. The zero-order chi connectivity index (χ0) is 15.5. The molecule has 0 fully saturated rings. The Kier molecular flexibility index (Phi) is 8.83. The summed E-state index contributed by atoms with van der Waals surface area (Å²) in [6, 6.07) is 7.96. The minimum Gasteiger partial charge on any atom is -0.497 e. The Hall–Kier alpha value is -1.29. The molecule has 2 rings (SSSR count). The first kappa shape index (κ1) is 17.8. The van der Waals surface area contributed by atoms with Gasteiger partial charge in [0.1, 0.15) is 11.5 Å². The highest BCUT2D eigenvalue weighted by molar-refractivity contribution is 8.14. The van der Waals surface area contributed by atoms with Crippen LogP contribution in [-0.4, -0.2) is 30.2 Å². The number of benzene rings is 1. The molecule has 0 aliphatic carbocycles. The molecule has 0 radical (unpaired) electrons. The summed E-state index contributed by atoms with van der Waals surface area (Å²) in [6.45, 7) is 4.64. The molecule has 1 aromatic carbocycles. The fourth-order valence-corrected chi connectivity index (χ4v) is 2.67. The van der Waals surface area contributed by atoms with E-state index >= 15 is 0 Å². The maximum Gasteiger partial charge on any atom is 0.140 e. The van der Waals surface area contributed by atoms with Crippen LogP contribution in [0.15, 0.2) is 29.3 Å². The number of aryl methyl sites for hydroxylation is 1. The normalized spacial score (nSPS) is 14.3. The van der Waals surface area contributed by atoms with Gasteiger partial charge in [-0.3, -0.25) is 9.79 Å². The van der Waals surface area contributed by atoms with Gasteiger partial charge in [-0.25, -0.2) is 0 Å². The number of rotatable bonds is 3. The number of nitrogens with zero attached hydrogens (tertiary/aromatic N) is 1. The second kappa shape index (κ2) is 10.4. The average Bonchev–Trinajstić information content (AvgIpc) is 2.75. The number of carbonyl (C=O) groups is 1. The Balaban J connectivity index is 0.000000219. The number of hydrogen-bond acceptors (Lipinski definition) is 4. The SMILES string of the molecule is CC(=O)CSC1=NCCCCC1.COc1ccc(C)cc1. The Labute approximate surface area is 132 Å². The Morgan fingerprint density at radius 1 is 1.24 bits per heavy atom. The van der Waals surface area contributed by atoms with Crippen molar-refractivity contribution >= 4 is 22.6 Å². The zero-order valence-electron chi connectivity index (χ0n) is 13.2. The molecule has 0 amide bonds. The highest BCUT2D eigenvalue weighted by Crippen LogP contribution is 2.15. The van der Waals surface area contributed by atoms with Crippen LogP contribution in [0.5, 0.6) is 5.75 Å². The van der Waals surface area contributed by atoms with E-state index in [1.807, 2.05) is 24.3 Å². The predicted molar refractivity (Wildman–Crippen MR) is 91.6 cm³/mol. The van der Waals surface area contributed by atoms with Crippen molar-refractivity contribution in [2.45, 2.75) is 39.5 Å². The predicted octanol–water partition coefficient (Wildman–Crippen LogP) is 4.28. The minimum absolute atomic E-state index is 0.243. The molecule has 1 aromatic rings. The molecule has 21 heavy (non-hydrogen) atoms. The quantitative estimate of drug-likeness (QED) is 0.836. The fourth-order valence-electron chi connectivity index (χ4n) is 1.82. The zero-order valence-corrected chi connectivity index (χ0v) is 14.0. The van der Waals surface area contributed by atoms with Crippen LogP contribution < -0.4 is 4.74 Å². The van der Waals surface area contributed by atoms with Crippen LogP contribution in [0.4, 0.5) is 0 Å². The third kappa shape index (κ3) is 8.56. The van der Waals surface area contributed by atoms with Crippen LogP contribution in [0.3, 0.4) is 0 Å². The molecule has 0 saturated heterocycles. The summed E-state index contributed by atoms with van der Waals surface area (Å²) < 4.78 is 4.97. The van der Waals surface area contributed by atoms with Crippen LogP contribution in [0.25, 0.3) is 0 Å². The molecule has 116 valence electrons. The number of methoxy groups -OCH3 is 1. The van der Waals surface area contributed by atoms with Crippen molar-refractivity contribution < 1.29 is 9.53 Å². The van der Waals surface area contributed by atoms with E-state index < -0.39 is 0 Å². The number of thioether (sulfide) groups is 1. The summed E-state index contributed by atoms with van der Waals surface area (Å²) in [7, 11) is 1.67. The van der Waals surface area contributed by atoms with Crippen LogP contribution in [0, 0.1) is 6.92 Å². The molecule has 4 heteroatoms. The summed E-state index contributed by atoms with van der Waals surface area (Å²) >= 11 is 1.62. The number of ketones is 1. The second-order valence-corrected chi connectivity index (χ2v) is 6.14. The molecule has 0 N–H and O–H groups in total. The molecule has 0 spiro atoms. The van der Waals surface area contributed by atoms with Crippen molar-refractivity contribution in [3.8, 4) is 5.75 Å². The monoisotopic (exact) mass is 307 g/mol. The van der Waals surface area contributed by atoms with Crippen molar-refractivity contribution in [1.29, 1.82) is 0 Å². The first-order chi connectivity index (χ1) is 10.1. The van der Waals surface area contributed by atoms with Crippen LogP contribution in [0.1, 0.15) is 38.2 Å². The van der Waals surface area contributed by atoms with E-state index in [4.69, 9.17) is 4.74 Å². The van der Waals surface area contributed by atoms with Crippen LogP contribution in [0.2, 0.25) is 0 Å². The number of ether oxygens (including phenoxy) is 1. The number of aliphatic imine (C=N–C) groups is 1. The first-order valence-corrected chi connectivity index (χ1v) is 8.36. The maximum absolute atomic E-state index is 10.7. The molecule has 1 heterocycles. The average molecular weight is 307 g/mol. The molecule has 3 nitrogen and oxygen atoms in total. The fraction of sp³-hybridized carbons (Fsp3) is 0.529. The van der Waals surface area contributed by atoms with E-state index in [-0.39, 0.29) is 5.78 Å². The van der Waals surface area contributed by atoms with Gasteiger partial charge in [-0.05, 0) is 45.2 Å². The highest BCUT2D eigenvalue weighted by atomic mass is 32.2. The minimum atomic E-state index is 0.243. The van der Waals surface area contributed by atoms with Gasteiger partial charge in [-0.2, -0.15) is 0 Å². The highest BCUT2D eigenvalue weighted by Gasteiger charge is 2.05. The van der Waals surface area contributed by atoms with Crippen molar-refractivity contribution in [3.05, 3.63) is 29.8 Å². The van der Waals surface area contributed by atoms with Gasteiger partial charge < -0.3 is 4.74 Å². The third-order valence-electron chi connectivity index (χ3n) is 3.04. The molecule has 1 aliphatic heterocycles. The van der Waals surface area contributed by atoms with Crippen molar-refractivity contribution in [2.24, 2.45) is 4.99 Å². The summed E-state index contributed by atoms with van der Waals surface area (Å²) in [5, 5.41) is 1.18. The Morgan fingerprint density at radius 2 is 1.95 bits per heavy atom. The van der Waals surface area contributed by atoms with Crippen LogP contribution in [-0.2, 0) is 4.79 Å². The van der Waals surface area contributed by atoms with Gasteiger partial charge in [0, 0.05) is 6.54 Å². The van der Waals surface area contributed by atoms with Gasteiger partial charge in [0.15, 0.2) is 0 Å². The maximum atomic E-state index is 10.7. The number of carbonyl (C=O) groups excluding carboxylic acids is 1. The summed E-state index contributed by atoms with van der Waals surface area (Å²) in [4.78, 5) is 15.1. The van der Waals surface area contributed by atoms with Crippen molar-refractivity contribution in [2.75, 3.05) is 19.4 Å². The lowest BCUT2D eigenvalue weighted by Crippen LogP contribution is -1.99. The molecule has 0 unspecified atom stereocenters. The molecule has 0 saturated carbocycles. The lowest BCUT2D eigenvalue weighted by atomic mass is 10.2. The lowest BCUT2D eigenvalue weighted by Gasteiger charge is -2.00. The van der Waals surface area contributed by atoms with Gasteiger partial charge in [-0.15, -0.1) is 11.8 Å². The standard InChI is InChI=1S/C9H15NOS.C8H10O/c1-8(11)7-12-9-5-3-2-4-6-10-9;1-7-3-5-8(9-2)6-4-7/h2-7H2,1H3;3-6H,1-2H3. The number of hydrogen-bond donors (Lipinski definition) is 0. The summed E-state index contributed by atoms with van der Waals surface area (Å²) in [6.07, 6.45) is 4.82. The molecule has 0 atom stereocenters. The van der Waals surface area contributed by atoms with E-state index in [1.165, 1.54) is 29.9 Å². The van der Waals surface area contributed by atoms with Gasteiger partial charge in [0.2, 0.25) is 0 Å². The molecular formula is C17H25NO2S. The van der Waals surface area contributed by atoms with Gasteiger partial charge in [-0.1, -0.05) is 24.1 Å². The number of Topliss-reactive ketones (excluding diaryl/α,β-unsaturated/α-hetero) is 1. The van der Waals surface area contributed by atoms with E-state index in [0.717, 1.165) is 18.7 Å². The van der Waals surface area contributed by atoms with E-state index in [1.54, 1.807) is 25.8 Å². The summed E-state index contributed by atoms with van der Waals surface area (Å²) in [5.41, 5.74) is 1.26. The smallest absolute Gasteiger partial charge is 0.140 e. The van der Waals surface area contributed by atoms with E-state index in [0.29, 0.717) is 5.75 Å². The molecular weight excluding hydrogens is 282 g/mol. The van der Waals surface area contributed by atoms with Crippen molar-refractivity contribution in [3.63, 3.8) is 0 Å². The molecule has 1 aliphatic rings. The van der Waals surface area contributed by atoms with Gasteiger partial charge in [0.25, 0.3) is 0 Å². The Bertz CT molecular complexity index is 454. The van der Waals surface area contributed by atoms with Crippen molar-refractivity contribution in [1.82, 2.24) is 0 Å². The van der Waals surface area contributed by atoms with Gasteiger partial charge >= 0.3 is 0 Å². The largest absolute Gasteiger partial charge is 0.497 e. The molecule has 0 aromatic heterocycles.